The molecule has 78 valence electrons. The van der Waals surface area contributed by atoms with Crippen molar-refractivity contribution < 1.29 is 24.6 Å². The molecule has 0 unspecified atom stereocenters. The fourth-order valence-electron chi connectivity index (χ4n) is 0.505. The van der Waals surface area contributed by atoms with Crippen LogP contribution in [0.15, 0.2) is 4.99 Å². The quantitative estimate of drug-likeness (QED) is 0.327. The van der Waals surface area contributed by atoms with Gasteiger partial charge in [-0.25, -0.2) is 4.79 Å². The highest BCUT2D eigenvalue weighted by Crippen LogP contribution is 1.86. The molecule has 5 N–H and O–H groups in total. The van der Waals surface area contributed by atoms with E-state index in [0.717, 1.165) is 0 Å². The van der Waals surface area contributed by atoms with Gasteiger partial charge in [-0.3, -0.25) is 9.59 Å². The lowest BCUT2D eigenvalue weighted by Crippen LogP contribution is -2.36. The van der Waals surface area contributed by atoms with Gasteiger partial charge in [0.15, 0.2) is 0 Å². The number of carboxylic acids is 1. The number of nitrogens with one attached hydrogen (secondary N) is 1. The van der Waals surface area contributed by atoms with Crippen LogP contribution in [0, 0.1) is 0 Å². The Bertz CT molecular complexity index is 275. The van der Waals surface area contributed by atoms with Gasteiger partial charge in [0.25, 0.3) is 0 Å². The normalized spacial score (nSPS) is 12.4. The van der Waals surface area contributed by atoms with Crippen molar-refractivity contribution in [3.63, 3.8) is 0 Å². The maximum atomic E-state index is 10.8. The van der Waals surface area contributed by atoms with Crippen LogP contribution in [0.4, 0.5) is 4.79 Å². The summed E-state index contributed by atoms with van der Waals surface area (Å²) in [5.41, 5.74) is 5.03. The highest BCUT2D eigenvalue weighted by molar-refractivity contribution is 5.93. The molecule has 0 aromatic rings. The van der Waals surface area contributed by atoms with E-state index < -0.39 is 30.4 Å². The maximum absolute atomic E-state index is 10.8. The summed E-state index contributed by atoms with van der Waals surface area (Å²) in [7, 11) is 0. The predicted octanol–water partition coefficient (Wildman–Crippen LogP) is -1.39. The minimum Gasteiger partial charge on any atom is -0.480 e. The highest BCUT2D eigenvalue weighted by atomic mass is 16.4. The first-order valence-corrected chi connectivity index (χ1v) is 3.46. The first kappa shape index (κ1) is 12.0. The number of rotatable bonds is 4. The van der Waals surface area contributed by atoms with E-state index in [-0.39, 0.29) is 0 Å². The molecule has 14 heavy (non-hydrogen) atoms. The molecule has 0 aromatic carbocycles. The van der Waals surface area contributed by atoms with Crippen LogP contribution >= 0.6 is 0 Å². The van der Waals surface area contributed by atoms with Gasteiger partial charge in [-0.15, -0.1) is 0 Å². The minimum absolute atomic E-state index is 0.443. The molecule has 0 aliphatic carbocycles. The van der Waals surface area contributed by atoms with Crippen molar-refractivity contribution in [3.8, 4) is 0 Å². The monoisotopic (exact) mass is 203 g/mol. The summed E-state index contributed by atoms with van der Waals surface area (Å²) in [6.45, 7) is 0. The molecule has 0 heterocycles. The van der Waals surface area contributed by atoms with Gasteiger partial charge in [-0.1, -0.05) is 0 Å². The number of hydrogen-bond acceptors (Lipinski definition) is 4. The number of carbonyl (C=O) groups excluding carboxylic acids is 1. The summed E-state index contributed by atoms with van der Waals surface area (Å²) in [6.07, 6.45) is -1.26. The highest BCUT2D eigenvalue weighted by Gasteiger charge is 2.15. The van der Waals surface area contributed by atoms with E-state index in [9.17, 15) is 14.4 Å². The van der Waals surface area contributed by atoms with Crippen molar-refractivity contribution in [3.05, 3.63) is 0 Å². The van der Waals surface area contributed by atoms with E-state index in [1.165, 1.54) is 0 Å². The zero-order valence-electron chi connectivity index (χ0n) is 7.01. The molecule has 8 heteroatoms. The van der Waals surface area contributed by atoms with Crippen LogP contribution in [0.2, 0.25) is 0 Å². The summed E-state index contributed by atoms with van der Waals surface area (Å²) in [5, 5.41) is 18.3. The zero-order chi connectivity index (χ0) is 11.1. The molecule has 0 bridgehead atoms. The van der Waals surface area contributed by atoms with Crippen molar-refractivity contribution in [2.75, 3.05) is 0 Å². The molecule has 0 aliphatic heterocycles. The van der Waals surface area contributed by atoms with Gasteiger partial charge in [-0.05, 0) is 0 Å². The molecular formula is C6H9N3O5. The molecule has 0 saturated carbocycles. The number of hydrogen-bond donors (Lipinski definition) is 4. The first-order chi connectivity index (χ1) is 6.43. The van der Waals surface area contributed by atoms with Gasteiger partial charge in [0.05, 0.1) is 6.42 Å². The number of aliphatic carboxylic acids is 1. The van der Waals surface area contributed by atoms with Crippen LogP contribution in [-0.4, -0.2) is 40.6 Å². The molecule has 0 saturated heterocycles. The van der Waals surface area contributed by atoms with E-state index in [1.54, 1.807) is 0 Å². The average Bonchev–Trinajstić information content (AvgIpc) is 2.02. The van der Waals surface area contributed by atoms with Gasteiger partial charge in [0.2, 0.25) is 5.91 Å². The van der Waals surface area contributed by atoms with E-state index in [4.69, 9.17) is 15.9 Å². The summed E-state index contributed by atoms with van der Waals surface area (Å²) < 4.78 is 0. The van der Waals surface area contributed by atoms with Crippen LogP contribution in [0.3, 0.4) is 0 Å². The average molecular weight is 203 g/mol. The van der Waals surface area contributed by atoms with Crippen molar-refractivity contribution in [2.24, 2.45) is 10.7 Å². The second-order valence-corrected chi connectivity index (χ2v) is 2.26. The number of nitrogens with two attached hydrogens (primary N) is 1. The molecular weight excluding hydrogens is 194 g/mol. The minimum atomic E-state index is -1.46. The predicted molar refractivity (Wildman–Crippen MR) is 44.9 cm³/mol. The molecule has 0 aliphatic rings. The molecule has 0 radical (unpaired) electrons. The Balaban J connectivity index is 3.88. The summed E-state index contributed by atoms with van der Waals surface area (Å²) in [4.78, 5) is 33.6. The second-order valence-electron chi connectivity index (χ2n) is 2.26. The first-order valence-electron chi connectivity index (χ1n) is 3.46. The Kier molecular flexibility index (Phi) is 4.86. The lowest BCUT2D eigenvalue weighted by atomic mass is 10.2. The number of aliphatic imine (C=N–C) groups is 1. The largest absolute Gasteiger partial charge is 0.480 e. The van der Waals surface area contributed by atoms with Crippen LogP contribution in [0.5, 0.6) is 0 Å². The van der Waals surface area contributed by atoms with Gasteiger partial charge >= 0.3 is 12.1 Å². The van der Waals surface area contributed by atoms with E-state index >= 15 is 0 Å². The summed E-state index contributed by atoms with van der Waals surface area (Å²) in [5.74, 6) is -2.03. The van der Waals surface area contributed by atoms with Crippen molar-refractivity contribution >= 4 is 24.3 Å². The van der Waals surface area contributed by atoms with Gasteiger partial charge in [0.1, 0.15) is 12.4 Å². The van der Waals surface area contributed by atoms with Gasteiger partial charge in [-0.2, -0.15) is 4.99 Å². The Labute approximate surface area is 78.4 Å². The molecule has 8 nitrogen and oxygen atoms in total. The van der Waals surface area contributed by atoms with Gasteiger partial charge in [0, 0.05) is 0 Å². The van der Waals surface area contributed by atoms with E-state index in [1.807, 2.05) is 5.32 Å². The number of carbonyl (C=O) groups is 3. The molecule has 0 rings (SSSR count). The molecule has 0 aromatic heterocycles. The fourth-order valence-corrected chi connectivity index (χ4v) is 0.505. The lowest BCUT2D eigenvalue weighted by molar-refractivity contribution is -0.140. The standard InChI is InChI=1S/C6H9N3O5/c7-3(5(11)12)1-4(10)8-2-9-6(13)14/h2-3H,1,7H2,(H,11,12)(H,13,14)(H,8,9,10)/t3-/m0/s1. The molecule has 0 fully saturated rings. The topological polar surface area (TPSA) is 142 Å². The smallest absolute Gasteiger partial charge is 0.432 e. The molecule has 1 atom stereocenters. The van der Waals surface area contributed by atoms with Gasteiger partial charge < -0.3 is 21.3 Å². The second kappa shape index (κ2) is 5.65. The van der Waals surface area contributed by atoms with E-state index in [0.29, 0.717) is 6.34 Å². The fraction of sp³-hybridized carbons (Fsp3) is 0.333. The molecule has 0 spiro atoms. The van der Waals surface area contributed by atoms with Crippen molar-refractivity contribution in [1.82, 2.24) is 5.32 Å². The number of carboxylic acid groups (broad SMARTS) is 2. The number of amides is 2. The third-order valence-electron chi connectivity index (χ3n) is 1.12. The van der Waals surface area contributed by atoms with Crippen LogP contribution in [0.25, 0.3) is 0 Å². The SMILES string of the molecule is N[C@@H](CC(=O)NC=NC(=O)O)C(=O)O. The Morgan fingerprint density at radius 2 is 2.00 bits per heavy atom. The third-order valence-corrected chi connectivity index (χ3v) is 1.12. The lowest BCUT2D eigenvalue weighted by Gasteiger charge is -2.03. The number of nitrogens with zero attached hydrogens (tertiary/aromatic N) is 1. The maximum Gasteiger partial charge on any atom is 0.432 e. The van der Waals surface area contributed by atoms with Crippen molar-refractivity contribution in [1.29, 1.82) is 0 Å². The van der Waals surface area contributed by atoms with Crippen LogP contribution in [-0.2, 0) is 9.59 Å². The Hall–Kier alpha value is -1.96. The van der Waals surface area contributed by atoms with Crippen LogP contribution in [0.1, 0.15) is 6.42 Å². The Morgan fingerprint density at radius 1 is 1.43 bits per heavy atom. The summed E-state index contributed by atoms with van der Waals surface area (Å²) >= 11 is 0. The van der Waals surface area contributed by atoms with Crippen LogP contribution < -0.4 is 11.1 Å². The third kappa shape index (κ3) is 5.66. The van der Waals surface area contributed by atoms with E-state index in [2.05, 4.69) is 4.99 Å². The summed E-state index contributed by atoms with van der Waals surface area (Å²) in [6, 6.07) is -1.31. The van der Waals surface area contributed by atoms with Crippen molar-refractivity contribution in [2.45, 2.75) is 12.5 Å². The zero-order valence-corrected chi connectivity index (χ0v) is 7.01. The Morgan fingerprint density at radius 3 is 2.43 bits per heavy atom. The molecule has 2 amide bonds.